The van der Waals surface area contributed by atoms with Crippen LogP contribution in [0.1, 0.15) is 5.56 Å². The number of sulfonamides is 1. The molecular formula is C16H27N3O5S. The van der Waals surface area contributed by atoms with Crippen LogP contribution in [0, 0.1) is 0 Å². The largest absolute Gasteiger partial charge is 0.493 e. The van der Waals surface area contributed by atoms with Crippen LogP contribution in [0.25, 0.3) is 0 Å². The minimum Gasteiger partial charge on any atom is -0.493 e. The number of nitrogens with zero attached hydrogens (tertiary/aromatic N) is 2. The Morgan fingerprint density at radius 3 is 2.32 bits per heavy atom. The van der Waals surface area contributed by atoms with Gasteiger partial charge in [-0.1, -0.05) is 6.07 Å². The molecule has 25 heavy (non-hydrogen) atoms. The molecule has 9 heteroatoms. The molecule has 0 bridgehead atoms. The second-order valence-electron chi connectivity index (χ2n) is 5.87. The van der Waals surface area contributed by atoms with Gasteiger partial charge in [-0.25, -0.2) is 8.42 Å². The van der Waals surface area contributed by atoms with Crippen LogP contribution in [0.4, 0.5) is 0 Å². The Hall–Kier alpha value is -1.84. The highest BCUT2D eigenvalue weighted by Crippen LogP contribution is 2.28. The number of carbonyl (C=O) groups is 1. The van der Waals surface area contributed by atoms with Gasteiger partial charge in [-0.2, -0.15) is 4.31 Å². The molecule has 0 fully saturated rings. The zero-order valence-electron chi connectivity index (χ0n) is 15.4. The number of methoxy groups -OCH3 is 2. The number of benzene rings is 1. The average molecular weight is 373 g/mol. The topological polar surface area (TPSA) is 88.2 Å². The molecule has 1 amide bonds. The van der Waals surface area contributed by atoms with Crippen LogP contribution < -0.4 is 14.8 Å². The Morgan fingerprint density at radius 1 is 1.16 bits per heavy atom. The SMILES string of the molecule is COc1ccc(CN(CC(=O)NCCN(C)C)S(C)(=O)=O)cc1OC. The lowest BCUT2D eigenvalue weighted by atomic mass is 10.2. The van der Waals surface area contributed by atoms with Crippen LogP contribution in [0.15, 0.2) is 18.2 Å². The third-order valence-electron chi connectivity index (χ3n) is 3.48. The van der Waals surface area contributed by atoms with Gasteiger partial charge in [0.05, 0.1) is 27.0 Å². The quantitative estimate of drug-likeness (QED) is 0.628. The Labute approximate surface area is 149 Å². The van der Waals surface area contributed by atoms with Gasteiger partial charge >= 0.3 is 0 Å². The van der Waals surface area contributed by atoms with E-state index < -0.39 is 10.0 Å². The molecule has 0 atom stereocenters. The summed E-state index contributed by atoms with van der Waals surface area (Å²) in [6, 6.07) is 5.14. The molecule has 0 aliphatic rings. The summed E-state index contributed by atoms with van der Waals surface area (Å²) in [5.74, 6) is 0.718. The first-order chi connectivity index (χ1) is 11.7. The first-order valence-corrected chi connectivity index (χ1v) is 9.59. The molecule has 1 aromatic carbocycles. The summed E-state index contributed by atoms with van der Waals surface area (Å²) < 4.78 is 35.5. The lowest BCUT2D eigenvalue weighted by molar-refractivity contribution is -0.121. The number of nitrogens with one attached hydrogen (secondary N) is 1. The molecule has 0 unspecified atom stereocenters. The molecule has 0 aliphatic carbocycles. The monoisotopic (exact) mass is 373 g/mol. The number of hydrogen-bond acceptors (Lipinski definition) is 6. The van der Waals surface area contributed by atoms with E-state index in [-0.39, 0.29) is 19.0 Å². The Bertz CT molecular complexity index is 676. The van der Waals surface area contributed by atoms with E-state index in [1.165, 1.54) is 14.2 Å². The average Bonchev–Trinajstić information content (AvgIpc) is 2.52. The molecule has 0 aliphatic heterocycles. The van der Waals surface area contributed by atoms with Crippen LogP contribution in [0.2, 0.25) is 0 Å². The van der Waals surface area contributed by atoms with Crippen molar-refractivity contribution in [1.82, 2.24) is 14.5 Å². The minimum absolute atomic E-state index is 0.0697. The lowest BCUT2D eigenvalue weighted by Crippen LogP contribution is -2.41. The summed E-state index contributed by atoms with van der Waals surface area (Å²) in [6.07, 6.45) is 1.08. The molecule has 0 aromatic heterocycles. The second-order valence-corrected chi connectivity index (χ2v) is 7.86. The van der Waals surface area contributed by atoms with Crippen molar-refractivity contribution in [1.29, 1.82) is 0 Å². The maximum Gasteiger partial charge on any atom is 0.235 e. The summed E-state index contributed by atoms with van der Waals surface area (Å²) in [6.45, 7) is 0.973. The molecule has 0 heterocycles. The zero-order valence-corrected chi connectivity index (χ0v) is 16.2. The molecule has 0 radical (unpaired) electrons. The highest BCUT2D eigenvalue weighted by atomic mass is 32.2. The zero-order chi connectivity index (χ0) is 19.0. The van der Waals surface area contributed by atoms with Crippen molar-refractivity contribution in [2.75, 3.05) is 54.2 Å². The number of carbonyl (C=O) groups excluding carboxylic acids is 1. The van der Waals surface area contributed by atoms with Crippen LogP contribution in [-0.4, -0.2) is 77.7 Å². The molecule has 0 saturated carbocycles. The summed E-state index contributed by atoms with van der Waals surface area (Å²) in [4.78, 5) is 13.9. The summed E-state index contributed by atoms with van der Waals surface area (Å²) >= 11 is 0. The van der Waals surface area contributed by atoms with Crippen molar-refractivity contribution in [3.05, 3.63) is 23.8 Å². The van der Waals surface area contributed by atoms with E-state index in [2.05, 4.69) is 5.32 Å². The molecule has 1 N–H and O–H groups in total. The van der Waals surface area contributed by atoms with E-state index in [9.17, 15) is 13.2 Å². The van der Waals surface area contributed by atoms with Crippen LogP contribution in [0.3, 0.4) is 0 Å². The van der Waals surface area contributed by atoms with E-state index >= 15 is 0 Å². The molecular weight excluding hydrogens is 346 g/mol. The first-order valence-electron chi connectivity index (χ1n) is 7.74. The van der Waals surface area contributed by atoms with Gasteiger partial charge in [0.2, 0.25) is 15.9 Å². The second kappa shape index (κ2) is 9.59. The third kappa shape index (κ3) is 7.29. The molecule has 142 valence electrons. The fourth-order valence-corrected chi connectivity index (χ4v) is 2.84. The van der Waals surface area contributed by atoms with Crippen molar-refractivity contribution in [3.8, 4) is 11.5 Å². The number of hydrogen-bond donors (Lipinski definition) is 1. The van der Waals surface area contributed by atoms with Gasteiger partial charge in [0.25, 0.3) is 0 Å². The molecule has 0 spiro atoms. The molecule has 0 saturated heterocycles. The summed E-state index contributed by atoms with van der Waals surface area (Å²) in [5, 5.41) is 2.71. The smallest absolute Gasteiger partial charge is 0.235 e. The lowest BCUT2D eigenvalue weighted by Gasteiger charge is -2.20. The Kier molecular flexibility index (Phi) is 8.14. The Balaban J connectivity index is 2.82. The predicted octanol–water partition coefficient (Wildman–Crippen LogP) is 0.143. The maximum absolute atomic E-state index is 12.0. The highest BCUT2D eigenvalue weighted by Gasteiger charge is 2.21. The van der Waals surface area contributed by atoms with Crippen LogP contribution in [-0.2, 0) is 21.4 Å². The van der Waals surface area contributed by atoms with Gasteiger partial charge < -0.3 is 19.7 Å². The van der Waals surface area contributed by atoms with E-state index in [0.29, 0.717) is 30.2 Å². The molecule has 8 nitrogen and oxygen atoms in total. The number of likely N-dealkylation sites (N-methyl/N-ethyl adjacent to an activating group) is 1. The van der Waals surface area contributed by atoms with Crippen molar-refractivity contribution in [3.63, 3.8) is 0 Å². The van der Waals surface area contributed by atoms with Crippen LogP contribution in [0.5, 0.6) is 11.5 Å². The van der Waals surface area contributed by atoms with Crippen LogP contribution >= 0.6 is 0 Å². The standard InChI is InChI=1S/C16H27N3O5S/c1-18(2)9-8-17-16(20)12-19(25(5,21)22)11-13-6-7-14(23-3)15(10-13)24-4/h6-7,10H,8-9,11-12H2,1-5H3,(H,17,20). The van der Waals surface area contributed by atoms with Crippen molar-refractivity contribution < 1.29 is 22.7 Å². The summed E-state index contributed by atoms with van der Waals surface area (Å²) in [7, 11) is 3.28. The number of amides is 1. The Morgan fingerprint density at radius 2 is 1.80 bits per heavy atom. The minimum atomic E-state index is -3.54. The van der Waals surface area contributed by atoms with Gasteiger partial charge in [-0.3, -0.25) is 4.79 Å². The normalized spacial score (nSPS) is 11.6. The van der Waals surface area contributed by atoms with E-state index in [1.54, 1.807) is 18.2 Å². The maximum atomic E-state index is 12.0. The predicted molar refractivity (Wildman–Crippen MR) is 96.4 cm³/mol. The van der Waals surface area contributed by atoms with Gasteiger partial charge in [-0.05, 0) is 31.8 Å². The van der Waals surface area contributed by atoms with Crippen molar-refractivity contribution in [2.45, 2.75) is 6.54 Å². The summed E-state index contributed by atoms with van der Waals surface area (Å²) in [5.41, 5.74) is 0.698. The third-order valence-corrected chi connectivity index (χ3v) is 4.67. The van der Waals surface area contributed by atoms with Gasteiger partial charge in [0.15, 0.2) is 11.5 Å². The van der Waals surface area contributed by atoms with Gasteiger partial charge in [0.1, 0.15) is 0 Å². The molecule has 1 rings (SSSR count). The van der Waals surface area contributed by atoms with E-state index in [4.69, 9.17) is 9.47 Å². The van der Waals surface area contributed by atoms with Crippen molar-refractivity contribution in [2.24, 2.45) is 0 Å². The van der Waals surface area contributed by atoms with Gasteiger partial charge in [0, 0.05) is 19.6 Å². The highest BCUT2D eigenvalue weighted by molar-refractivity contribution is 7.88. The number of rotatable bonds is 10. The fraction of sp³-hybridized carbons (Fsp3) is 0.562. The molecule has 1 aromatic rings. The first kappa shape index (κ1) is 21.2. The van der Waals surface area contributed by atoms with E-state index in [0.717, 1.165) is 10.6 Å². The van der Waals surface area contributed by atoms with Gasteiger partial charge in [-0.15, -0.1) is 0 Å². The van der Waals surface area contributed by atoms with Crippen molar-refractivity contribution >= 4 is 15.9 Å². The van der Waals surface area contributed by atoms with E-state index in [1.807, 2.05) is 19.0 Å². The fourth-order valence-electron chi connectivity index (χ4n) is 2.11. The number of ether oxygens (including phenoxy) is 2.